The molecule has 2 rings (SSSR count). The second kappa shape index (κ2) is 4.59. The van der Waals surface area contributed by atoms with E-state index in [9.17, 15) is 14.7 Å². The van der Waals surface area contributed by atoms with Gasteiger partial charge in [-0.25, -0.2) is 0 Å². The number of amides is 1. The van der Waals surface area contributed by atoms with Crippen LogP contribution < -0.4 is 5.73 Å². The van der Waals surface area contributed by atoms with Crippen molar-refractivity contribution in [2.45, 2.75) is 18.9 Å². The first-order chi connectivity index (χ1) is 8.84. The second-order valence-corrected chi connectivity index (χ2v) is 4.82. The maximum Gasteiger partial charge on any atom is 0.248 e. The first-order valence-corrected chi connectivity index (χ1v) is 5.92. The van der Waals surface area contributed by atoms with Gasteiger partial charge in [-0.3, -0.25) is 9.59 Å². The minimum absolute atomic E-state index is 0.102. The molecule has 0 fully saturated rings. The van der Waals surface area contributed by atoms with E-state index in [1.165, 1.54) is 6.92 Å². The van der Waals surface area contributed by atoms with E-state index < -0.39 is 23.1 Å². The van der Waals surface area contributed by atoms with E-state index in [4.69, 9.17) is 22.1 Å². The topological polar surface area (TPSA) is 89.6 Å². The quantitative estimate of drug-likeness (QED) is 0.884. The minimum atomic E-state index is -1.36. The fourth-order valence-electron chi connectivity index (χ4n) is 1.93. The van der Waals surface area contributed by atoms with Gasteiger partial charge in [-0.2, -0.15) is 0 Å². The Morgan fingerprint density at radius 1 is 1.42 bits per heavy atom. The third-order valence-electron chi connectivity index (χ3n) is 2.97. The van der Waals surface area contributed by atoms with E-state index in [1.807, 2.05) is 0 Å². The summed E-state index contributed by atoms with van der Waals surface area (Å²) >= 11 is 5.78. The molecule has 0 radical (unpaired) electrons. The predicted molar refractivity (Wildman–Crippen MR) is 68.4 cm³/mol. The van der Waals surface area contributed by atoms with Crippen LogP contribution in [0.4, 0.5) is 0 Å². The Morgan fingerprint density at radius 2 is 2.00 bits per heavy atom. The van der Waals surface area contributed by atoms with Crippen LogP contribution >= 0.6 is 11.6 Å². The van der Waals surface area contributed by atoms with Crippen molar-refractivity contribution in [3.8, 4) is 0 Å². The van der Waals surface area contributed by atoms with E-state index in [0.717, 1.165) is 0 Å². The Bertz CT molecular complexity index is 579. The molecule has 1 aromatic rings. The van der Waals surface area contributed by atoms with Crippen LogP contribution in [0, 0.1) is 0 Å². The number of benzene rings is 1. The number of ether oxygens (including phenoxy) is 1. The lowest BCUT2D eigenvalue weighted by atomic mass is 9.92. The number of rotatable bonds is 3. The molecule has 3 N–H and O–H groups in total. The molecule has 0 aromatic heterocycles. The third-order valence-corrected chi connectivity index (χ3v) is 3.22. The second-order valence-electron chi connectivity index (χ2n) is 4.39. The first-order valence-electron chi connectivity index (χ1n) is 5.55. The van der Waals surface area contributed by atoms with E-state index >= 15 is 0 Å². The van der Waals surface area contributed by atoms with Crippen LogP contribution in [0.2, 0.25) is 5.02 Å². The maximum atomic E-state index is 12.1. The molecule has 1 aliphatic heterocycles. The van der Waals surface area contributed by atoms with E-state index in [1.54, 1.807) is 24.3 Å². The van der Waals surface area contributed by atoms with Crippen LogP contribution in [0.3, 0.4) is 0 Å². The molecule has 0 spiro atoms. The van der Waals surface area contributed by atoms with Crippen molar-refractivity contribution in [2.24, 2.45) is 5.73 Å². The van der Waals surface area contributed by atoms with Crippen molar-refractivity contribution in [2.75, 3.05) is 0 Å². The smallest absolute Gasteiger partial charge is 0.248 e. The highest BCUT2D eigenvalue weighted by Gasteiger charge is 2.47. The molecule has 1 heterocycles. The Hall–Kier alpha value is -2.01. The number of hydrogen-bond acceptors (Lipinski definition) is 4. The average Bonchev–Trinajstić information content (AvgIpc) is 2.55. The van der Waals surface area contributed by atoms with Crippen molar-refractivity contribution < 1.29 is 19.4 Å². The summed E-state index contributed by atoms with van der Waals surface area (Å²) in [5.74, 6) is -1.95. The van der Waals surface area contributed by atoms with Gasteiger partial charge >= 0.3 is 0 Å². The van der Waals surface area contributed by atoms with E-state index in [0.29, 0.717) is 10.6 Å². The van der Waals surface area contributed by atoms with Crippen molar-refractivity contribution in [1.82, 2.24) is 0 Å². The van der Waals surface area contributed by atoms with Crippen molar-refractivity contribution in [1.29, 1.82) is 0 Å². The van der Waals surface area contributed by atoms with Gasteiger partial charge in [-0.15, -0.1) is 0 Å². The Balaban J connectivity index is 2.35. The van der Waals surface area contributed by atoms with Gasteiger partial charge in [-0.1, -0.05) is 23.7 Å². The molecule has 5 nitrogen and oxygen atoms in total. The normalized spacial score (nSPS) is 22.5. The number of nitrogens with two attached hydrogens (primary N) is 1. The fourth-order valence-corrected chi connectivity index (χ4v) is 2.06. The lowest BCUT2D eigenvalue weighted by Gasteiger charge is -2.23. The lowest BCUT2D eigenvalue weighted by Crippen LogP contribution is -2.31. The fraction of sp³-hybridized carbons (Fsp3) is 0.231. The molecule has 19 heavy (non-hydrogen) atoms. The van der Waals surface area contributed by atoms with Gasteiger partial charge in [0.1, 0.15) is 0 Å². The summed E-state index contributed by atoms with van der Waals surface area (Å²) in [6.45, 7) is 1.52. The van der Waals surface area contributed by atoms with Crippen LogP contribution in [0.5, 0.6) is 0 Å². The molecule has 0 bridgehead atoms. The maximum absolute atomic E-state index is 12.1. The van der Waals surface area contributed by atoms with Crippen molar-refractivity contribution in [3.63, 3.8) is 0 Å². The van der Waals surface area contributed by atoms with Crippen LogP contribution in [0.1, 0.15) is 18.9 Å². The number of hydrogen-bond donors (Lipinski definition) is 2. The van der Waals surface area contributed by atoms with E-state index in [2.05, 4.69) is 0 Å². The first kappa shape index (κ1) is 13.4. The number of carbonyl (C=O) groups excluding carboxylic acids is 2. The average molecular weight is 282 g/mol. The van der Waals surface area contributed by atoms with Crippen LogP contribution in [0.25, 0.3) is 0 Å². The highest BCUT2D eigenvalue weighted by Crippen LogP contribution is 2.39. The molecule has 1 amide bonds. The molecule has 100 valence electrons. The Labute approximate surface area is 114 Å². The molecule has 1 unspecified atom stereocenters. The summed E-state index contributed by atoms with van der Waals surface area (Å²) in [6.07, 6.45) is -0.319. The summed E-state index contributed by atoms with van der Waals surface area (Å²) in [5, 5.41) is 10.2. The summed E-state index contributed by atoms with van der Waals surface area (Å²) in [6, 6.07) is 6.48. The number of ketones is 1. The molecule has 1 aromatic carbocycles. The number of Topliss-reactive ketones (excluding diaryl/α,β-unsaturated/α-hetero) is 1. The van der Waals surface area contributed by atoms with Crippen LogP contribution in [0.15, 0.2) is 35.8 Å². The molecule has 0 saturated carbocycles. The molecule has 6 heteroatoms. The highest BCUT2D eigenvalue weighted by molar-refractivity contribution is 6.30. The molecular weight excluding hydrogens is 270 g/mol. The van der Waals surface area contributed by atoms with Gasteiger partial charge in [0, 0.05) is 10.6 Å². The predicted octanol–water partition coefficient (Wildman–Crippen LogP) is 1.80. The van der Waals surface area contributed by atoms with Gasteiger partial charge in [0.25, 0.3) is 0 Å². The standard InChI is InChI=1S/C13H12ClNO4/c1-13(7-2-4-8(14)5-3-7)12(18)11(17)9(19-13)6-10(15)16/h2-5,17H,6H2,1H3,(H2,15,16). The van der Waals surface area contributed by atoms with Crippen LogP contribution in [-0.2, 0) is 19.9 Å². The van der Waals surface area contributed by atoms with Crippen LogP contribution in [-0.4, -0.2) is 16.8 Å². The zero-order valence-electron chi connectivity index (χ0n) is 10.1. The van der Waals surface area contributed by atoms with Gasteiger partial charge in [0.05, 0.1) is 6.42 Å². The summed E-state index contributed by atoms with van der Waals surface area (Å²) < 4.78 is 5.45. The number of carbonyl (C=O) groups is 2. The molecular formula is C13H12ClNO4. The van der Waals surface area contributed by atoms with Crippen molar-refractivity contribution in [3.05, 3.63) is 46.4 Å². The summed E-state index contributed by atoms with van der Waals surface area (Å²) in [4.78, 5) is 23.0. The van der Waals surface area contributed by atoms with Gasteiger partial charge in [0.15, 0.2) is 11.4 Å². The summed E-state index contributed by atoms with van der Waals surface area (Å²) in [5.41, 5.74) is 4.21. The van der Waals surface area contributed by atoms with Gasteiger partial charge < -0.3 is 15.6 Å². The number of halogens is 1. The molecule has 1 aliphatic rings. The number of primary amides is 1. The van der Waals surface area contributed by atoms with E-state index in [-0.39, 0.29) is 12.2 Å². The van der Waals surface area contributed by atoms with Crippen molar-refractivity contribution >= 4 is 23.3 Å². The monoisotopic (exact) mass is 281 g/mol. The number of aliphatic hydroxyl groups is 1. The third kappa shape index (κ3) is 2.29. The zero-order valence-corrected chi connectivity index (χ0v) is 10.9. The lowest BCUT2D eigenvalue weighted by molar-refractivity contribution is -0.132. The largest absolute Gasteiger partial charge is 0.502 e. The Morgan fingerprint density at radius 3 is 2.53 bits per heavy atom. The zero-order chi connectivity index (χ0) is 14.2. The highest BCUT2D eigenvalue weighted by atomic mass is 35.5. The minimum Gasteiger partial charge on any atom is -0.502 e. The SMILES string of the molecule is CC1(c2ccc(Cl)cc2)OC(CC(N)=O)=C(O)C1=O. The molecule has 1 atom stereocenters. The summed E-state index contributed by atoms with van der Waals surface area (Å²) in [7, 11) is 0. The van der Waals surface area contributed by atoms with Gasteiger partial charge in [-0.05, 0) is 19.1 Å². The number of aliphatic hydroxyl groups excluding tert-OH is 1. The molecule has 0 saturated heterocycles. The van der Waals surface area contributed by atoms with Gasteiger partial charge in [0.2, 0.25) is 17.4 Å². The molecule has 0 aliphatic carbocycles. The Kier molecular flexibility index (Phi) is 3.24.